The van der Waals surface area contributed by atoms with Gasteiger partial charge in [-0.15, -0.1) is 0 Å². The van der Waals surface area contributed by atoms with Crippen molar-refractivity contribution in [2.45, 2.75) is 25.4 Å². The Balaban J connectivity index is 1.96. The number of aromatic nitrogens is 1. The number of hydrogen-bond acceptors (Lipinski definition) is 3. The van der Waals surface area contributed by atoms with Crippen molar-refractivity contribution in [3.63, 3.8) is 0 Å². The normalized spacial score (nSPS) is 23.6. The number of rotatable bonds is 3. The fourth-order valence-corrected chi connectivity index (χ4v) is 1.90. The lowest BCUT2D eigenvalue weighted by Crippen LogP contribution is -2.40. The van der Waals surface area contributed by atoms with Crippen LogP contribution in [0, 0.1) is 5.82 Å². The molecule has 2 heterocycles. The molecular formula is C12H15FN2O2. The zero-order valence-electron chi connectivity index (χ0n) is 9.70. The van der Waals surface area contributed by atoms with Gasteiger partial charge < -0.3 is 10.1 Å². The summed E-state index contributed by atoms with van der Waals surface area (Å²) >= 11 is 0. The van der Waals surface area contributed by atoms with Gasteiger partial charge >= 0.3 is 0 Å². The Morgan fingerprint density at radius 3 is 3.18 bits per heavy atom. The third kappa shape index (κ3) is 2.79. The Morgan fingerprint density at radius 2 is 2.53 bits per heavy atom. The molecule has 0 spiro atoms. The minimum Gasteiger partial charge on any atom is -0.373 e. The molecule has 1 atom stereocenters. The molecule has 1 N–H and O–H groups in total. The largest absolute Gasteiger partial charge is 0.373 e. The number of carbonyl (C=O) groups is 1. The fourth-order valence-electron chi connectivity index (χ4n) is 1.90. The maximum absolute atomic E-state index is 13.3. The van der Waals surface area contributed by atoms with Crippen LogP contribution in [0.25, 0.3) is 0 Å². The molecule has 1 unspecified atom stereocenters. The van der Waals surface area contributed by atoms with Crippen LogP contribution in [0.3, 0.4) is 0 Å². The lowest BCUT2D eigenvalue weighted by molar-refractivity contribution is 0.0205. The van der Waals surface area contributed by atoms with Crippen LogP contribution in [-0.4, -0.2) is 29.6 Å². The predicted octanol–water partition coefficient (Wildman–Crippen LogP) is 1.52. The summed E-state index contributed by atoms with van der Waals surface area (Å²) in [7, 11) is 0. The van der Waals surface area contributed by atoms with Gasteiger partial charge in [0.25, 0.3) is 5.91 Å². The molecule has 0 saturated carbocycles. The van der Waals surface area contributed by atoms with E-state index < -0.39 is 11.7 Å². The smallest absolute Gasteiger partial charge is 0.254 e. The topological polar surface area (TPSA) is 51.2 Å². The summed E-state index contributed by atoms with van der Waals surface area (Å²) in [4.78, 5) is 15.3. The van der Waals surface area contributed by atoms with E-state index in [2.05, 4.69) is 10.3 Å². The molecule has 0 bridgehead atoms. The summed E-state index contributed by atoms with van der Waals surface area (Å²) < 4.78 is 18.8. The van der Waals surface area contributed by atoms with E-state index in [1.165, 1.54) is 12.3 Å². The highest BCUT2D eigenvalue weighted by Gasteiger charge is 2.30. The van der Waals surface area contributed by atoms with Gasteiger partial charge in [-0.25, -0.2) is 4.39 Å². The van der Waals surface area contributed by atoms with E-state index >= 15 is 0 Å². The maximum Gasteiger partial charge on any atom is 0.254 e. The lowest BCUT2D eigenvalue weighted by atomic mass is 10.0. The van der Waals surface area contributed by atoms with Crippen LogP contribution in [0.4, 0.5) is 4.39 Å². The zero-order chi connectivity index (χ0) is 12.3. The van der Waals surface area contributed by atoms with Crippen molar-refractivity contribution >= 4 is 5.91 Å². The third-order valence-corrected chi connectivity index (χ3v) is 2.94. The molecule has 92 valence electrons. The van der Waals surface area contributed by atoms with Crippen LogP contribution in [0.2, 0.25) is 0 Å². The number of hydrogen-bond donors (Lipinski definition) is 1. The van der Waals surface area contributed by atoms with Crippen molar-refractivity contribution < 1.29 is 13.9 Å². The van der Waals surface area contributed by atoms with Gasteiger partial charge in [-0.1, -0.05) is 0 Å². The number of nitrogens with one attached hydrogen (secondary N) is 1. The average molecular weight is 238 g/mol. The van der Waals surface area contributed by atoms with Crippen molar-refractivity contribution in [1.82, 2.24) is 10.3 Å². The average Bonchev–Trinajstić information content (AvgIpc) is 2.74. The van der Waals surface area contributed by atoms with Crippen molar-refractivity contribution in [1.29, 1.82) is 0 Å². The fraction of sp³-hybridized carbons (Fsp3) is 0.500. The molecule has 1 saturated heterocycles. The van der Waals surface area contributed by atoms with Crippen molar-refractivity contribution in [3.05, 3.63) is 29.8 Å². The number of ether oxygens (including phenoxy) is 1. The summed E-state index contributed by atoms with van der Waals surface area (Å²) in [5, 5.41) is 2.69. The highest BCUT2D eigenvalue weighted by molar-refractivity contribution is 5.94. The summed E-state index contributed by atoms with van der Waals surface area (Å²) in [5.74, 6) is -1.04. The number of pyridine rings is 1. The second-order valence-corrected chi connectivity index (χ2v) is 4.44. The molecule has 1 aliphatic heterocycles. The molecule has 1 amide bonds. The van der Waals surface area contributed by atoms with Gasteiger partial charge in [0.05, 0.1) is 17.4 Å². The number of halogens is 1. The summed E-state index contributed by atoms with van der Waals surface area (Å²) in [6.45, 7) is 3.06. The number of amides is 1. The van der Waals surface area contributed by atoms with E-state index in [1.54, 1.807) is 0 Å². The van der Waals surface area contributed by atoms with Crippen LogP contribution in [0.5, 0.6) is 0 Å². The summed E-state index contributed by atoms with van der Waals surface area (Å²) in [6.07, 6.45) is 4.33. The second-order valence-electron chi connectivity index (χ2n) is 4.44. The summed E-state index contributed by atoms with van der Waals surface area (Å²) in [5.41, 5.74) is -0.305. The molecule has 4 nitrogen and oxygen atoms in total. The first-order valence-corrected chi connectivity index (χ1v) is 5.62. The molecule has 0 radical (unpaired) electrons. The molecule has 17 heavy (non-hydrogen) atoms. The van der Waals surface area contributed by atoms with Gasteiger partial charge in [0, 0.05) is 19.3 Å². The Morgan fingerprint density at radius 1 is 1.71 bits per heavy atom. The van der Waals surface area contributed by atoms with Gasteiger partial charge in [0.15, 0.2) is 5.82 Å². The van der Waals surface area contributed by atoms with Crippen LogP contribution in [0.1, 0.15) is 30.1 Å². The first-order chi connectivity index (χ1) is 8.11. The van der Waals surface area contributed by atoms with Gasteiger partial charge in [-0.2, -0.15) is 0 Å². The van der Waals surface area contributed by atoms with E-state index in [0.717, 1.165) is 25.6 Å². The van der Waals surface area contributed by atoms with Crippen LogP contribution in [-0.2, 0) is 4.74 Å². The Bertz CT molecular complexity index is 417. The Kier molecular flexibility index (Phi) is 3.38. The molecule has 1 aromatic heterocycles. The van der Waals surface area contributed by atoms with Crippen LogP contribution in [0.15, 0.2) is 18.5 Å². The van der Waals surface area contributed by atoms with Crippen LogP contribution < -0.4 is 5.32 Å². The highest BCUT2D eigenvalue weighted by atomic mass is 19.1. The van der Waals surface area contributed by atoms with Gasteiger partial charge in [0.1, 0.15) is 0 Å². The van der Waals surface area contributed by atoms with Gasteiger partial charge in [-0.05, 0) is 25.8 Å². The molecule has 5 heteroatoms. The summed E-state index contributed by atoms with van der Waals surface area (Å²) in [6, 6.07) is 1.36. The predicted molar refractivity (Wildman–Crippen MR) is 60.1 cm³/mol. The highest BCUT2D eigenvalue weighted by Crippen LogP contribution is 2.24. The van der Waals surface area contributed by atoms with E-state index in [0.29, 0.717) is 6.54 Å². The Hall–Kier alpha value is -1.49. The first-order valence-electron chi connectivity index (χ1n) is 5.62. The first kappa shape index (κ1) is 12.0. The van der Waals surface area contributed by atoms with Gasteiger partial charge in [-0.3, -0.25) is 9.78 Å². The van der Waals surface area contributed by atoms with E-state index in [9.17, 15) is 9.18 Å². The molecule has 2 rings (SSSR count). The molecule has 0 aliphatic carbocycles. The lowest BCUT2D eigenvalue weighted by Gasteiger charge is -2.23. The Labute approximate surface area is 99.2 Å². The molecular weight excluding hydrogens is 223 g/mol. The van der Waals surface area contributed by atoms with Crippen molar-refractivity contribution in [2.75, 3.05) is 13.2 Å². The van der Waals surface area contributed by atoms with Gasteiger partial charge in [0.2, 0.25) is 0 Å². The molecule has 1 fully saturated rings. The quantitative estimate of drug-likeness (QED) is 0.868. The molecule has 1 aliphatic rings. The SMILES string of the molecule is CC1(CNC(=O)c2ccncc2F)CCCO1. The third-order valence-electron chi connectivity index (χ3n) is 2.94. The van der Waals surface area contributed by atoms with E-state index in [4.69, 9.17) is 4.74 Å². The number of nitrogens with zero attached hydrogens (tertiary/aromatic N) is 1. The van der Waals surface area contributed by atoms with Crippen LogP contribution >= 0.6 is 0 Å². The standard InChI is InChI=1S/C12H15FN2O2/c1-12(4-2-6-17-12)8-15-11(16)9-3-5-14-7-10(9)13/h3,5,7H,2,4,6,8H2,1H3,(H,15,16). The minimum absolute atomic E-state index is 0.0154. The number of carbonyl (C=O) groups excluding carboxylic acids is 1. The van der Waals surface area contributed by atoms with Crippen molar-refractivity contribution in [3.8, 4) is 0 Å². The van der Waals surface area contributed by atoms with E-state index in [-0.39, 0.29) is 11.2 Å². The molecule has 0 aromatic carbocycles. The minimum atomic E-state index is -0.609. The van der Waals surface area contributed by atoms with E-state index in [1.807, 2.05) is 6.92 Å². The molecule has 1 aromatic rings. The van der Waals surface area contributed by atoms with Crippen molar-refractivity contribution in [2.24, 2.45) is 0 Å². The monoisotopic (exact) mass is 238 g/mol. The maximum atomic E-state index is 13.3. The second kappa shape index (κ2) is 4.79. The zero-order valence-corrected chi connectivity index (χ0v) is 9.70.